The fraction of sp³-hybridized carbons (Fsp3) is 0.400. The molecule has 2 heterocycles. The molecular formula is C15H19N3O2S. The van der Waals surface area contributed by atoms with E-state index in [1.165, 1.54) is 0 Å². The third-order valence-electron chi connectivity index (χ3n) is 3.07. The van der Waals surface area contributed by atoms with Crippen molar-refractivity contribution in [3.8, 4) is 10.7 Å². The number of nitrogens with zero attached hydrogens (tertiary/aromatic N) is 3. The summed E-state index contributed by atoms with van der Waals surface area (Å²) < 4.78 is 5.10. The second-order valence-corrected chi connectivity index (χ2v) is 5.25. The molecule has 112 valence electrons. The van der Waals surface area contributed by atoms with Crippen molar-refractivity contribution in [2.24, 2.45) is 0 Å². The molecule has 0 fully saturated rings. The van der Waals surface area contributed by atoms with Crippen LogP contribution in [0, 0.1) is 0 Å². The lowest BCUT2D eigenvalue weighted by Gasteiger charge is -2.22. The Morgan fingerprint density at radius 1 is 1.33 bits per heavy atom. The molecule has 5 nitrogen and oxygen atoms in total. The molecule has 0 aliphatic heterocycles. The first-order valence-electron chi connectivity index (χ1n) is 7.04. The lowest BCUT2D eigenvalue weighted by molar-refractivity contribution is 0.0526. The van der Waals surface area contributed by atoms with Crippen LogP contribution in [0.15, 0.2) is 23.7 Å². The molecule has 2 rings (SSSR count). The quantitative estimate of drug-likeness (QED) is 0.767. The number of hydrogen-bond donors (Lipinski definition) is 0. The standard InChI is InChI=1S/C15H19N3O2S/c1-4-18(5-2)14-11(15(19)20-6-3)10-16-13(17-14)12-8-7-9-21-12/h7-10H,4-6H2,1-3H3. The van der Waals surface area contributed by atoms with Crippen LogP contribution in [0.5, 0.6) is 0 Å². The third-order valence-corrected chi connectivity index (χ3v) is 3.93. The zero-order valence-corrected chi connectivity index (χ0v) is 13.3. The van der Waals surface area contributed by atoms with E-state index in [9.17, 15) is 4.79 Å². The lowest BCUT2D eigenvalue weighted by Crippen LogP contribution is -2.26. The Morgan fingerprint density at radius 3 is 2.67 bits per heavy atom. The molecule has 0 unspecified atom stereocenters. The van der Waals surface area contributed by atoms with Crippen LogP contribution >= 0.6 is 11.3 Å². The number of hydrogen-bond acceptors (Lipinski definition) is 6. The van der Waals surface area contributed by atoms with Gasteiger partial charge in [-0.05, 0) is 32.2 Å². The Kier molecular flexibility index (Phi) is 5.27. The number of rotatable bonds is 6. The van der Waals surface area contributed by atoms with Crippen LogP contribution in [0.25, 0.3) is 10.7 Å². The number of carbonyl (C=O) groups is 1. The summed E-state index contributed by atoms with van der Waals surface area (Å²) in [7, 11) is 0. The Bertz CT molecular complexity index is 595. The summed E-state index contributed by atoms with van der Waals surface area (Å²) in [6.07, 6.45) is 1.56. The van der Waals surface area contributed by atoms with E-state index in [1.54, 1.807) is 24.5 Å². The van der Waals surface area contributed by atoms with Crippen LogP contribution in [0.3, 0.4) is 0 Å². The SMILES string of the molecule is CCOC(=O)c1cnc(-c2cccs2)nc1N(CC)CC. The van der Waals surface area contributed by atoms with Gasteiger partial charge in [0.15, 0.2) is 5.82 Å². The van der Waals surface area contributed by atoms with Crippen molar-refractivity contribution in [1.29, 1.82) is 0 Å². The molecular weight excluding hydrogens is 286 g/mol. The average Bonchev–Trinajstić information content (AvgIpc) is 3.03. The number of carbonyl (C=O) groups excluding carboxylic acids is 1. The van der Waals surface area contributed by atoms with Crippen molar-refractivity contribution in [2.45, 2.75) is 20.8 Å². The van der Waals surface area contributed by atoms with Gasteiger partial charge in [-0.3, -0.25) is 0 Å². The first-order chi connectivity index (χ1) is 10.2. The summed E-state index contributed by atoms with van der Waals surface area (Å²) >= 11 is 1.58. The Hall–Kier alpha value is -1.95. The zero-order valence-electron chi connectivity index (χ0n) is 12.5. The van der Waals surface area contributed by atoms with Crippen LogP contribution in [-0.4, -0.2) is 35.6 Å². The largest absolute Gasteiger partial charge is 0.462 e. The van der Waals surface area contributed by atoms with E-state index >= 15 is 0 Å². The molecule has 0 aliphatic rings. The number of thiophene rings is 1. The number of esters is 1. The first kappa shape index (κ1) is 15.4. The van der Waals surface area contributed by atoms with E-state index in [-0.39, 0.29) is 5.97 Å². The van der Waals surface area contributed by atoms with Gasteiger partial charge in [-0.15, -0.1) is 11.3 Å². The number of aromatic nitrogens is 2. The molecule has 2 aromatic heterocycles. The Morgan fingerprint density at radius 2 is 2.10 bits per heavy atom. The Labute approximate surface area is 128 Å². The predicted molar refractivity (Wildman–Crippen MR) is 84.9 cm³/mol. The maximum atomic E-state index is 12.1. The van der Waals surface area contributed by atoms with Crippen LogP contribution in [0.4, 0.5) is 5.82 Å². The summed E-state index contributed by atoms with van der Waals surface area (Å²) in [6, 6.07) is 3.93. The minimum absolute atomic E-state index is 0.337. The number of anilines is 1. The van der Waals surface area contributed by atoms with E-state index in [0.717, 1.165) is 18.0 Å². The highest BCUT2D eigenvalue weighted by Crippen LogP contribution is 2.25. The molecule has 0 saturated carbocycles. The molecule has 0 aromatic carbocycles. The van der Waals surface area contributed by atoms with E-state index in [2.05, 4.69) is 9.97 Å². The van der Waals surface area contributed by atoms with Crippen molar-refractivity contribution in [3.05, 3.63) is 29.3 Å². The van der Waals surface area contributed by atoms with Crippen LogP contribution < -0.4 is 4.90 Å². The molecule has 2 aromatic rings. The van der Waals surface area contributed by atoms with Crippen molar-refractivity contribution in [3.63, 3.8) is 0 Å². The van der Waals surface area contributed by atoms with Crippen molar-refractivity contribution in [1.82, 2.24) is 9.97 Å². The first-order valence-corrected chi connectivity index (χ1v) is 7.92. The van der Waals surface area contributed by atoms with Crippen LogP contribution in [0.1, 0.15) is 31.1 Å². The van der Waals surface area contributed by atoms with Gasteiger partial charge < -0.3 is 9.64 Å². The molecule has 0 spiro atoms. The second kappa shape index (κ2) is 7.17. The average molecular weight is 305 g/mol. The van der Waals surface area contributed by atoms with Crippen molar-refractivity contribution >= 4 is 23.1 Å². The molecule has 0 atom stereocenters. The fourth-order valence-electron chi connectivity index (χ4n) is 2.01. The topological polar surface area (TPSA) is 55.3 Å². The molecule has 0 N–H and O–H groups in total. The summed E-state index contributed by atoms with van der Waals surface area (Å²) in [5.74, 6) is 0.897. The molecule has 6 heteroatoms. The Balaban J connectivity index is 2.48. The highest BCUT2D eigenvalue weighted by atomic mass is 32.1. The monoisotopic (exact) mass is 305 g/mol. The summed E-state index contributed by atoms with van der Waals surface area (Å²) in [6.45, 7) is 7.73. The molecule has 0 radical (unpaired) electrons. The van der Waals surface area contributed by atoms with Crippen molar-refractivity contribution in [2.75, 3.05) is 24.6 Å². The van der Waals surface area contributed by atoms with E-state index in [0.29, 0.717) is 23.8 Å². The van der Waals surface area contributed by atoms with Gasteiger partial charge in [0.25, 0.3) is 0 Å². The maximum absolute atomic E-state index is 12.1. The van der Waals surface area contributed by atoms with Gasteiger partial charge in [0.1, 0.15) is 11.4 Å². The smallest absolute Gasteiger partial charge is 0.343 e. The molecule has 0 bridgehead atoms. The van der Waals surface area contributed by atoms with Gasteiger partial charge in [-0.1, -0.05) is 6.07 Å². The second-order valence-electron chi connectivity index (χ2n) is 4.30. The van der Waals surface area contributed by atoms with Crippen LogP contribution in [-0.2, 0) is 4.74 Å². The molecule has 0 amide bonds. The third kappa shape index (κ3) is 3.39. The van der Waals surface area contributed by atoms with Crippen molar-refractivity contribution < 1.29 is 9.53 Å². The van der Waals surface area contributed by atoms with Gasteiger partial charge in [-0.25, -0.2) is 14.8 Å². The lowest BCUT2D eigenvalue weighted by atomic mass is 10.2. The molecule has 0 aliphatic carbocycles. The van der Waals surface area contributed by atoms with Gasteiger partial charge in [-0.2, -0.15) is 0 Å². The van der Waals surface area contributed by atoms with Crippen LogP contribution in [0.2, 0.25) is 0 Å². The summed E-state index contributed by atoms with van der Waals surface area (Å²) in [4.78, 5) is 24.0. The fourth-order valence-corrected chi connectivity index (χ4v) is 2.68. The van der Waals surface area contributed by atoms with Gasteiger partial charge in [0.2, 0.25) is 0 Å². The van der Waals surface area contributed by atoms with Gasteiger partial charge in [0, 0.05) is 19.3 Å². The highest BCUT2D eigenvalue weighted by molar-refractivity contribution is 7.13. The van der Waals surface area contributed by atoms with E-state index < -0.39 is 0 Å². The maximum Gasteiger partial charge on any atom is 0.343 e. The van der Waals surface area contributed by atoms with Gasteiger partial charge >= 0.3 is 5.97 Å². The summed E-state index contributed by atoms with van der Waals surface area (Å²) in [5.41, 5.74) is 0.417. The predicted octanol–water partition coefficient (Wildman–Crippen LogP) is 3.23. The molecule has 0 saturated heterocycles. The zero-order chi connectivity index (χ0) is 15.2. The minimum atomic E-state index is -0.378. The minimum Gasteiger partial charge on any atom is -0.462 e. The van der Waals surface area contributed by atoms with E-state index in [1.807, 2.05) is 36.3 Å². The van der Waals surface area contributed by atoms with E-state index in [4.69, 9.17) is 4.74 Å². The van der Waals surface area contributed by atoms with Gasteiger partial charge in [0.05, 0.1) is 11.5 Å². The molecule has 21 heavy (non-hydrogen) atoms. The highest BCUT2D eigenvalue weighted by Gasteiger charge is 2.20. The number of ether oxygens (including phenoxy) is 1. The summed E-state index contributed by atoms with van der Waals surface area (Å²) in [5, 5.41) is 1.98. The normalized spacial score (nSPS) is 10.4.